The van der Waals surface area contributed by atoms with Gasteiger partial charge in [0, 0.05) is 12.6 Å². The number of rotatable bonds is 4. The summed E-state index contributed by atoms with van der Waals surface area (Å²) in [5.74, 6) is -0.311. The smallest absolute Gasteiger partial charge is 0.320 e. The number of nitrogens with one attached hydrogen (secondary N) is 1. The molecule has 1 saturated heterocycles. The van der Waals surface area contributed by atoms with Gasteiger partial charge in [-0.2, -0.15) is 0 Å². The Morgan fingerprint density at radius 3 is 2.58 bits per heavy atom. The standard InChI is InChI=1S/C15H25NO3/c17-14(18)13(11-4-5-11)16-12-6-9-19-15(10-12)7-2-1-3-8-15/h11-13,16H,1-10H2,(H,17,18). The molecular formula is C15H25NO3. The van der Waals surface area contributed by atoms with E-state index in [1.54, 1.807) is 0 Å². The van der Waals surface area contributed by atoms with E-state index in [0.717, 1.165) is 45.1 Å². The maximum Gasteiger partial charge on any atom is 0.320 e. The van der Waals surface area contributed by atoms with E-state index in [2.05, 4.69) is 5.32 Å². The van der Waals surface area contributed by atoms with E-state index in [1.165, 1.54) is 19.3 Å². The second-order valence-electron chi connectivity index (χ2n) is 6.60. The lowest BCUT2D eigenvalue weighted by atomic mass is 9.78. The van der Waals surface area contributed by atoms with Crippen LogP contribution in [0.4, 0.5) is 0 Å². The Balaban J connectivity index is 1.59. The fourth-order valence-corrected chi connectivity index (χ4v) is 3.81. The van der Waals surface area contributed by atoms with Gasteiger partial charge in [-0.1, -0.05) is 19.3 Å². The number of carboxylic acid groups (broad SMARTS) is 1. The van der Waals surface area contributed by atoms with Crippen molar-refractivity contribution >= 4 is 5.97 Å². The van der Waals surface area contributed by atoms with Gasteiger partial charge in [0.15, 0.2) is 0 Å². The molecule has 2 N–H and O–H groups in total. The molecule has 3 fully saturated rings. The molecule has 1 aliphatic heterocycles. The van der Waals surface area contributed by atoms with Gasteiger partial charge in [-0.05, 0) is 44.4 Å². The van der Waals surface area contributed by atoms with Crippen molar-refractivity contribution in [1.29, 1.82) is 0 Å². The molecule has 0 aromatic rings. The largest absolute Gasteiger partial charge is 0.480 e. The third-order valence-corrected chi connectivity index (χ3v) is 5.03. The van der Waals surface area contributed by atoms with Crippen molar-refractivity contribution in [3.8, 4) is 0 Å². The highest BCUT2D eigenvalue weighted by Crippen LogP contribution is 2.39. The first-order valence-electron chi connectivity index (χ1n) is 7.81. The Morgan fingerprint density at radius 2 is 1.95 bits per heavy atom. The summed E-state index contributed by atoms with van der Waals surface area (Å²) in [4.78, 5) is 11.3. The average molecular weight is 267 g/mol. The van der Waals surface area contributed by atoms with Crippen LogP contribution in [0.2, 0.25) is 0 Å². The molecule has 3 aliphatic rings. The lowest BCUT2D eigenvalue weighted by Crippen LogP contribution is -2.52. The number of hydrogen-bond acceptors (Lipinski definition) is 3. The van der Waals surface area contributed by atoms with Crippen LogP contribution in [0.25, 0.3) is 0 Å². The van der Waals surface area contributed by atoms with Crippen LogP contribution in [-0.2, 0) is 9.53 Å². The highest BCUT2D eigenvalue weighted by molar-refractivity contribution is 5.74. The number of ether oxygens (including phenoxy) is 1. The molecule has 1 spiro atoms. The molecule has 4 heteroatoms. The van der Waals surface area contributed by atoms with Crippen LogP contribution in [0.3, 0.4) is 0 Å². The first-order valence-corrected chi connectivity index (χ1v) is 7.81. The summed E-state index contributed by atoms with van der Waals surface area (Å²) in [5, 5.41) is 12.7. The summed E-state index contributed by atoms with van der Waals surface area (Å²) < 4.78 is 6.07. The molecule has 0 aromatic carbocycles. The number of aliphatic carboxylic acids is 1. The van der Waals surface area contributed by atoms with E-state index in [1.807, 2.05) is 0 Å². The molecule has 19 heavy (non-hydrogen) atoms. The molecule has 3 rings (SSSR count). The van der Waals surface area contributed by atoms with Gasteiger partial charge in [0.05, 0.1) is 5.60 Å². The quantitative estimate of drug-likeness (QED) is 0.820. The fourth-order valence-electron chi connectivity index (χ4n) is 3.81. The zero-order valence-corrected chi connectivity index (χ0v) is 11.6. The molecule has 2 saturated carbocycles. The second-order valence-corrected chi connectivity index (χ2v) is 6.60. The Labute approximate surface area is 114 Å². The Bertz CT molecular complexity index is 329. The summed E-state index contributed by atoms with van der Waals surface area (Å²) in [7, 11) is 0. The molecule has 1 heterocycles. The van der Waals surface area contributed by atoms with Gasteiger partial charge in [-0.3, -0.25) is 4.79 Å². The van der Waals surface area contributed by atoms with Gasteiger partial charge >= 0.3 is 5.97 Å². The minimum atomic E-state index is -0.674. The number of carboxylic acids is 1. The molecule has 4 nitrogen and oxygen atoms in total. The zero-order valence-electron chi connectivity index (χ0n) is 11.6. The van der Waals surface area contributed by atoms with Gasteiger partial charge < -0.3 is 15.2 Å². The predicted molar refractivity (Wildman–Crippen MR) is 72.1 cm³/mol. The molecule has 2 unspecified atom stereocenters. The first kappa shape index (κ1) is 13.4. The summed E-state index contributed by atoms with van der Waals surface area (Å²) in [6.45, 7) is 0.786. The molecular weight excluding hydrogens is 242 g/mol. The van der Waals surface area contributed by atoms with E-state index in [-0.39, 0.29) is 11.6 Å². The van der Waals surface area contributed by atoms with Gasteiger partial charge in [-0.15, -0.1) is 0 Å². The lowest BCUT2D eigenvalue weighted by molar-refractivity contribution is -0.142. The highest BCUT2D eigenvalue weighted by Gasteiger charge is 2.42. The van der Waals surface area contributed by atoms with Crippen molar-refractivity contribution in [3.05, 3.63) is 0 Å². The second kappa shape index (κ2) is 5.41. The van der Waals surface area contributed by atoms with Crippen molar-refractivity contribution in [2.75, 3.05) is 6.61 Å². The number of hydrogen-bond donors (Lipinski definition) is 2. The van der Waals surface area contributed by atoms with Gasteiger partial charge in [-0.25, -0.2) is 0 Å². The topological polar surface area (TPSA) is 58.6 Å². The summed E-state index contributed by atoms with van der Waals surface area (Å²) in [5.41, 5.74) is 0.0563. The molecule has 2 atom stereocenters. The molecule has 0 amide bonds. The number of carbonyl (C=O) groups is 1. The van der Waals surface area contributed by atoms with Crippen LogP contribution in [0, 0.1) is 5.92 Å². The van der Waals surface area contributed by atoms with E-state index in [0.29, 0.717) is 12.0 Å². The minimum absolute atomic E-state index is 0.0563. The Morgan fingerprint density at radius 1 is 1.21 bits per heavy atom. The van der Waals surface area contributed by atoms with Crippen LogP contribution < -0.4 is 5.32 Å². The van der Waals surface area contributed by atoms with Crippen LogP contribution in [0.1, 0.15) is 57.8 Å². The van der Waals surface area contributed by atoms with Crippen LogP contribution in [0.5, 0.6) is 0 Å². The summed E-state index contributed by atoms with van der Waals surface area (Å²) in [6, 6.07) is -0.00251. The minimum Gasteiger partial charge on any atom is -0.480 e. The highest BCUT2D eigenvalue weighted by atomic mass is 16.5. The van der Waals surface area contributed by atoms with Crippen LogP contribution in [0.15, 0.2) is 0 Å². The lowest BCUT2D eigenvalue weighted by Gasteiger charge is -2.44. The predicted octanol–water partition coefficient (Wildman–Crippen LogP) is 2.32. The molecule has 0 aromatic heterocycles. The molecule has 2 aliphatic carbocycles. The van der Waals surface area contributed by atoms with Crippen molar-refractivity contribution < 1.29 is 14.6 Å². The molecule has 108 valence electrons. The van der Waals surface area contributed by atoms with Crippen molar-refractivity contribution in [1.82, 2.24) is 5.32 Å². The Kier molecular flexibility index (Phi) is 3.81. The van der Waals surface area contributed by atoms with E-state index in [9.17, 15) is 9.90 Å². The normalized spacial score (nSPS) is 32.1. The average Bonchev–Trinajstić information content (AvgIpc) is 3.21. The SMILES string of the molecule is O=C(O)C(NC1CCOC2(CCCCC2)C1)C1CC1. The van der Waals surface area contributed by atoms with E-state index >= 15 is 0 Å². The molecule has 0 radical (unpaired) electrons. The van der Waals surface area contributed by atoms with Gasteiger partial charge in [0.2, 0.25) is 0 Å². The van der Waals surface area contributed by atoms with Crippen molar-refractivity contribution in [2.45, 2.75) is 75.5 Å². The van der Waals surface area contributed by atoms with Crippen LogP contribution in [-0.4, -0.2) is 35.4 Å². The maximum absolute atomic E-state index is 11.3. The zero-order chi connectivity index (χ0) is 13.3. The van der Waals surface area contributed by atoms with E-state index < -0.39 is 5.97 Å². The Hall–Kier alpha value is -0.610. The summed E-state index contributed by atoms with van der Waals surface area (Å²) in [6.07, 6.45) is 10.3. The first-order chi connectivity index (χ1) is 9.19. The van der Waals surface area contributed by atoms with Crippen molar-refractivity contribution in [3.63, 3.8) is 0 Å². The van der Waals surface area contributed by atoms with Gasteiger partial charge in [0.1, 0.15) is 6.04 Å². The monoisotopic (exact) mass is 267 g/mol. The fraction of sp³-hybridized carbons (Fsp3) is 0.933. The third-order valence-electron chi connectivity index (χ3n) is 5.03. The van der Waals surface area contributed by atoms with Gasteiger partial charge in [0.25, 0.3) is 0 Å². The molecule has 0 bridgehead atoms. The van der Waals surface area contributed by atoms with Crippen molar-refractivity contribution in [2.24, 2.45) is 5.92 Å². The maximum atomic E-state index is 11.3. The van der Waals surface area contributed by atoms with E-state index in [4.69, 9.17) is 4.74 Å². The third kappa shape index (κ3) is 3.11. The summed E-state index contributed by atoms with van der Waals surface area (Å²) >= 11 is 0. The van der Waals surface area contributed by atoms with Crippen LogP contribution >= 0.6 is 0 Å².